The number of halogens is 3. The van der Waals surface area contributed by atoms with E-state index in [1.807, 2.05) is 0 Å². The Kier molecular flexibility index (Phi) is 3.60. The summed E-state index contributed by atoms with van der Waals surface area (Å²) in [6.45, 7) is 4.37. The van der Waals surface area contributed by atoms with Gasteiger partial charge in [-0.05, 0) is 12.1 Å². The van der Waals surface area contributed by atoms with Crippen molar-refractivity contribution in [2.24, 2.45) is 0 Å². The van der Waals surface area contributed by atoms with Crippen molar-refractivity contribution in [3.63, 3.8) is 0 Å². The smallest absolute Gasteiger partial charge is 0.416 e. The minimum Gasteiger partial charge on any atom is -0.488 e. The van der Waals surface area contributed by atoms with E-state index >= 15 is 0 Å². The van der Waals surface area contributed by atoms with Crippen molar-refractivity contribution in [3.8, 4) is 5.75 Å². The van der Waals surface area contributed by atoms with Crippen molar-refractivity contribution in [3.05, 3.63) is 29.3 Å². The van der Waals surface area contributed by atoms with Gasteiger partial charge in [-0.1, -0.05) is 6.07 Å². The third-order valence-corrected chi connectivity index (χ3v) is 3.84. The summed E-state index contributed by atoms with van der Waals surface area (Å²) in [4.78, 5) is 2.24. The molecule has 20 heavy (non-hydrogen) atoms. The van der Waals surface area contributed by atoms with E-state index in [0.29, 0.717) is 24.3 Å². The van der Waals surface area contributed by atoms with Gasteiger partial charge >= 0.3 is 6.18 Å². The van der Waals surface area contributed by atoms with Gasteiger partial charge in [-0.25, -0.2) is 0 Å². The summed E-state index contributed by atoms with van der Waals surface area (Å²) in [7, 11) is 0. The zero-order valence-corrected chi connectivity index (χ0v) is 11.0. The molecule has 0 bridgehead atoms. The molecule has 3 nitrogen and oxygen atoms in total. The van der Waals surface area contributed by atoms with Crippen LogP contribution in [0.5, 0.6) is 5.75 Å². The minimum atomic E-state index is -4.31. The van der Waals surface area contributed by atoms with Gasteiger partial charge in [0.2, 0.25) is 0 Å². The van der Waals surface area contributed by atoms with Crippen LogP contribution in [0.25, 0.3) is 0 Å². The second-order valence-corrected chi connectivity index (χ2v) is 5.27. The van der Waals surface area contributed by atoms with Gasteiger partial charge in [0.25, 0.3) is 0 Å². The van der Waals surface area contributed by atoms with Crippen molar-refractivity contribution in [1.29, 1.82) is 0 Å². The molecule has 6 heteroatoms. The molecule has 0 amide bonds. The summed E-state index contributed by atoms with van der Waals surface area (Å²) >= 11 is 0. The average molecular weight is 286 g/mol. The Hall–Kier alpha value is -1.27. The van der Waals surface area contributed by atoms with Crippen molar-refractivity contribution in [2.45, 2.75) is 18.7 Å². The van der Waals surface area contributed by atoms with E-state index in [1.165, 1.54) is 6.07 Å². The molecule has 1 aromatic carbocycles. The molecule has 0 spiro atoms. The summed E-state index contributed by atoms with van der Waals surface area (Å²) in [5, 5.41) is 3.25. The Morgan fingerprint density at radius 3 is 2.70 bits per heavy atom. The van der Waals surface area contributed by atoms with E-state index in [-0.39, 0.29) is 6.10 Å². The first-order valence-electron chi connectivity index (χ1n) is 6.83. The minimum absolute atomic E-state index is 0.174. The van der Waals surface area contributed by atoms with E-state index < -0.39 is 11.7 Å². The molecule has 2 aliphatic rings. The summed E-state index contributed by atoms with van der Waals surface area (Å²) in [6.07, 6.45) is -4.14. The van der Waals surface area contributed by atoms with Gasteiger partial charge in [0.05, 0.1) is 5.56 Å². The van der Waals surface area contributed by atoms with E-state index in [1.54, 1.807) is 6.07 Å². The van der Waals surface area contributed by atoms with Crippen LogP contribution >= 0.6 is 0 Å². The number of nitrogens with zero attached hydrogens (tertiary/aromatic N) is 1. The lowest BCUT2D eigenvalue weighted by molar-refractivity contribution is -0.138. The second-order valence-electron chi connectivity index (χ2n) is 5.27. The monoisotopic (exact) mass is 286 g/mol. The maximum Gasteiger partial charge on any atom is 0.416 e. The third-order valence-electron chi connectivity index (χ3n) is 3.84. The molecule has 1 fully saturated rings. The molecular formula is C14H17F3N2O. The molecule has 1 aromatic rings. The fourth-order valence-electron chi connectivity index (χ4n) is 2.88. The Morgan fingerprint density at radius 1 is 1.25 bits per heavy atom. The molecule has 3 rings (SSSR count). The number of nitrogens with one attached hydrogen (secondary N) is 1. The Morgan fingerprint density at radius 2 is 2.00 bits per heavy atom. The molecule has 2 heterocycles. The lowest BCUT2D eigenvalue weighted by Crippen LogP contribution is -2.47. The second kappa shape index (κ2) is 5.26. The van der Waals surface area contributed by atoms with Crippen molar-refractivity contribution < 1.29 is 17.9 Å². The van der Waals surface area contributed by atoms with Crippen molar-refractivity contribution in [1.82, 2.24) is 10.2 Å². The molecule has 2 aliphatic heterocycles. The van der Waals surface area contributed by atoms with E-state index in [0.717, 1.165) is 32.2 Å². The van der Waals surface area contributed by atoms with Crippen LogP contribution in [-0.2, 0) is 12.6 Å². The fourth-order valence-corrected chi connectivity index (χ4v) is 2.88. The molecule has 0 aromatic heterocycles. The molecule has 0 radical (unpaired) electrons. The van der Waals surface area contributed by atoms with E-state index in [2.05, 4.69) is 10.2 Å². The maximum atomic E-state index is 13.0. The number of hydrogen-bond donors (Lipinski definition) is 1. The molecule has 1 unspecified atom stereocenters. The number of ether oxygens (including phenoxy) is 1. The Bertz CT molecular complexity index is 484. The summed E-state index contributed by atoms with van der Waals surface area (Å²) in [6, 6.07) is 4.17. The van der Waals surface area contributed by atoms with E-state index in [9.17, 15) is 13.2 Å². The summed E-state index contributed by atoms with van der Waals surface area (Å²) in [5.41, 5.74) is -0.252. The third kappa shape index (κ3) is 2.76. The first kappa shape index (κ1) is 13.7. The number of alkyl halides is 3. The first-order chi connectivity index (χ1) is 9.54. The highest BCUT2D eigenvalue weighted by atomic mass is 19.4. The summed E-state index contributed by atoms with van der Waals surface area (Å²) < 4.78 is 44.5. The van der Waals surface area contributed by atoms with Gasteiger partial charge in [0.1, 0.15) is 11.9 Å². The normalized spacial score (nSPS) is 23.4. The van der Waals surface area contributed by atoms with Gasteiger partial charge in [0.15, 0.2) is 0 Å². The van der Waals surface area contributed by atoms with Crippen molar-refractivity contribution in [2.75, 3.05) is 32.7 Å². The zero-order chi connectivity index (χ0) is 14.2. The summed E-state index contributed by atoms with van der Waals surface area (Å²) in [5.74, 6) is 0.389. The number of hydrogen-bond acceptors (Lipinski definition) is 3. The van der Waals surface area contributed by atoms with Gasteiger partial charge in [-0.15, -0.1) is 0 Å². The topological polar surface area (TPSA) is 24.5 Å². The molecule has 1 saturated heterocycles. The average Bonchev–Trinajstić information content (AvgIpc) is 2.80. The van der Waals surface area contributed by atoms with Crippen LogP contribution in [-0.4, -0.2) is 43.7 Å². The standard InChI is InChI=1S/C14H17F3N2O/c15-14(16,17)12-2-1-3-13-11(12)8-10(20-13)9-19-6-4-18-5-7-19/h1-3,10,18H,4-9H2. The highest BCUT2D eigenvalue weighted by Gasteiger charge is 2.38. The van der Waals surface area contributed by atoms with Crippen molar-refractivity contribution >= 4 is 0 Å². The highest BCUT2D eigenvalue weighted by molar-refractivity contribution is 5.45. The molecule has 110 valence electrons. The number of fused-ring (bicyclic) bond motifs is 1. The quantitative estimate of drug-likeness (QED) is 0.899. The molecule has 1 N–H and O–H groups in total. The largest absolute Gasteiger partial charge is 0.488 e. The molecule has 1 atom stereocenters. The fraction of sp³-hybridized carbons (Fsp3) is 0.571. The Balaban J connectivity index is 1.72. The van der Waals surface area contributed by atoms with Crippen LogP contribution in [0.2, 0.25) is 0 Å². The van der Waals surface area contributed by atoms with Crippen LogP contribution < -0.4 is 10.1 Å². The van der Waals surface area contributed by atoms with Gasteiger partial charge in [-0.3, -0.25) is 4.90 Å². The van der Waals surface area contributed by atoms with Gasteiger partial charge < -0.3 is 10.1 Å². The first-order valence-corrected chi connectivity index (χ1v) is 6.83. The van der Waals surface area contributed by atoms with Gasteiger partial charge in [0, 0.05) is 44.7 Å². The van der Waals surface area contributed by atoms with Gasteiger partial charge in [-0.2, -0.15) is 13.2 Å². The Labute approximate surface area is 115 Å². The lowest BCUT2D eigenvalue weighted by Gasteiger charge is -2.29. The SMILES string of the molecule is FC(F)(F)c1cccc2c1CC(CN1CCNCC1)O2. The van der Waals surface area contributed by atoms with E-state index in [4.69, 9.17) is 4.74 Å². The van der Waals surface area contributed by atoms with Crippen LogP contribution in [0.15, 0.2) is 18.2 Å². The highest BCUT2D eigenvalue weighted by Crippen LogP contribution is 2.40. The number of rotatable bonds is 2. The van der Waals surface area contributed by atoms with Crippen LogP contribution in [0.3, 0.4) is 0 Å². The molecular weight excluding hydrogens is 269 g/mol. The maximum absolute atomic E-state index is 13.0. The lowest BCUT2D eigenvalue weighted by atomic mass is 10.0. The van der Waals surface area contributed by atoms with Crippen LogP contribution in [0.1, 0.15) is 11.1 Å². The number of benzene rings is 1. The zero-order valence-electron chi connectivity index (χ0n) is 11.0. The molecule has 0 aliphatic carbocycles. The van der Waals surface area contributed by atoms with Crippen LogP contribution in [0.4, 0.5) is 13.2 Å². The predicted octanol–water partition coefficient (Wildman–Crippen LogP) is 1.91. The van der Waals surface area contributed by atoms with Crippen LogP contribution in [0, 0.1) is 0 Å². The predicted molar refractivity (Wildman–Crippen MR) is 68.9 cm³/mol. The molecule has 0 saturated carbocycles. The number of piperazine rings is 1.